The summed E-state index contributed by atoms with van der Waals surface area (Å²) in [5.41, 5.74) is 3.26. The first-order valence-corrected chi connectivity index (χ1v) is 14.4. The maximum absolute atomic E-state index is 13.3. The summed E-state index contributed by atoms with van der Waals surface area (Å²) in [5.74, 6) is -0.547. The predicted molar refractivity (Wildman–Crippen MR) is 162 cm³/mol. The number of ether oxygens (including phenoxy) is 1. The van der Waals surface area contributed by atoms with Gasteiger partial charge in [0.15, 0.2) is 5.75 Å². The molecule has 1 unspecified atom stereocenters. The van der Waals surface area contributed by atoms with Crippen molar-refractivity contribution in [2.75, 3.05) is 38.6 Å². The second-order valence-electron chi connectivity index (χ2n) is 11.4. The Balaban J connectivity index is 1.16. The van der Waals surface area contributed by atoms with E-state index in [2.05, 4.69) is 20.2 Å². The molecule has 228 valence electrons. The minimum Gasteiger partial charge on any atom is -0.484 e. The topological polar surface area (TPSA) is 170 Å². The van der Waals surface area contributed by atoms with Gasteiger partial charge in [-0.2, -0.15) is 0 Å². The van der Waals surface area contributed by atoms with E-state index in [0.717, 1.165) is 31.5 Å². The molecular formula is C31H32N6O7. The summed E-state index contributed by atoms with van der Waals surface area (Å²) < 4.78 is 5.52. The van der Waals surface area contributed by atoms with E-state index in [1.54, 1.807) is 31.2 Å². The van der Waals surface area contributed by atoms with Crippen molar-refractivity contribution in [3.8, 4) is 5.75 Å². The van der Waals surface area contributed by atoms with E-state index in [0.29, 0.717) is 33.8 Å². The highest BCUT2D eigenvalue weighted by Crippen LogP contribution is 2.37. The number of carbonyl (C=O) groups excluding carboxylic acids is 2. The van der Waals surface area contributed by atoms with Gasteiger partial charge in [0.25, 0.3) is 17.4 Å². The number of H-pyrrole nitrogens is 1. The molecule has 2 amide bonds. The standard InChI is InChI=1S/C31H32N6O7/c1-17-3-4-27(26(11-17)37(42)43)44-16-20(38)15-33-23-5-8-32-29(39)28(23)25-13-18-12-21-22(14-24(18)34-25)31(41)36(30(21)40)19-6-9-35(2)10-7-19/h3-5,8,11-12,14,19-20,38H,6-7,9-10,13,15-16H2,1-2H3,(H2,32,33,39). The number of aromatic nitrogens is 1. The summed E-state index contributed by atoms with van der Waals surface area (Å²) in [6.07, 6.45) is 2.17. The number of pyridine rings is 1. The molecule has 44 heavy (non-hydrogen) atoms. The third kappa shape index (κ3) is 5.47. The number of piperidine rings is 1. The monoisotopic (exact) mass is 600 g/mol. The highest BCUT2D eigenvalue weighted by molar-refractivity contribution is 6.22. The van der Waals surface area contributed by atoms with Crippen molar-refractivity contribution >= 4 is 34.6 Å². The number of aliphatic hydroxyl groups excluding tert-OH is 1. The molecule has 6 rings (SSSR count). The van der Waals surface area contributed by atoms with E-state index in [1.807, 2.05) is 7.05 Å². The molecule has 1 aromatic heterocycles. The first kappa shape index (κ1) is 29.2. The van der Waals surface area contributed by atoms with E-state index in [-0.39, 0.29) is 54.4 Å². The molecule has 0 bridgehead atoms. The van der Waals surface area contributed by atoms with Crippen LogP contribution in [-0.2, 0) is 6.42 Å². The van der Waals surface area contributed by atoms with E-state index in [1.165, 1.54) is 23.2 Å². The Morgan fingerprint density at radius 2 is 1.86 bits per heavy atom. The summed E-state index contributed by atoms with van der Waals surface area (Å²) in [4.78, 5) is 61.3. The first-order valence-electron chi connectivity index (χ1n) is 14.4. The van der Waals surface area contributed by atoms with Gasteiger partial charge in [-0.15, -0.1) is 0 Å². The lowest BCUT2D eigenvalue weighted by atomic mass is 10.00. The van der Waals surface area contributed by atoms with Gasteiger partial charge in [0, 0.05) is 31.3 Å². The summed E-state index contributed by atoms with van der Waals surface area (Å²) >= 11 is 0. The predicted octanol–water partition coefficient (Wildman–Crippen LogP) is 2.81. The quantitative estimate of drug-likeness (QED) is 0.190. The fraction of sp³-hybridized carbons (Fsp3) is 0.355. The van der Waals surface area contributed by atoms with Crippen LogP contribution in [0.3, 0.4) is 0 Å². The highest BCUT2D eigenvalue weighted by atomic mass is 16.6. The Kier molecular flexibility index (Phi) is 7.74. The number of hydrogen-bond donors (Lipinski definition) is 3. The van der Waals surface area contributed by atoms with E-state index < -0.39 is 16.6 Å². The van der Waals surface area contributed by atoms with Crippen LogP contribution in [-0.4, -0.2) is 87.8 Å². The second-order valence-corrected chi connectivity index (χ2v) is 11.4. The number of nitro benzene ring substituents is 1. The largest absolute Gasteiger partial charge is 0.484 e. The van der Waals surface area contributed by atoms with Crippen molar-refractivity contribution in [3.63, 3.8) is 0 Å². The average molecular weight is 601 g/mol. The smallest absolute Gasteiger partial charge is 0.311 e. The number of carbonyl (C=O) groups is 2. The number of benzene rings is 2. The van der Waals surface area contributed by atoms with Crippen LogP contribution in [0.1, 0.15) is 50.2 Å². The average Bonchev–Trinajstić information content (AvgIpc) is 3.51. The Morgan fingerprint density at radius 1 is 1.14 bits per heavy atom. The number of anilines is 1. The molecule has 1 fully saturated rings. The minimum absolute atomic E-state index is 0.0135. The lowest BCUT2D eigenvalue weighted by molar-refractivity contribution is -0.386. The first-order chi connectivity index (χ1) is 21.1. The van der Waals surface area contributed by atoms with Crippen LogP contribution < -0.4 is 15.6 Å². The fourth-order valence-corrected chi connectivity index (χ4v) is 5.96. The van der Waals surface area contributed by atoms with Gasteiger partial charge < -0.3 is 25.0 Å². The summed E-state index contributed by atoms with van der Waals surface area (Å²) in [6.45, 7) is 3.15. The number of nitrogens with one attached hydrogen (secondary N) is 2. The van der Waals surface area contributed by atoms with Gasteiger partial charge in [-0.25, -0.2) is 0 Å². The minimum atomic E-state index is -1.06. The molecule has 13 nitrogen and oxygen atoms in total. The SMILES string of the molecule is Cc1ccc(OCC(O)CNc2cc[nH]c(=O)c2C2=Nc3cc4c(cc3C2)C(=O)N(C2CCN(C)CC2)C4=O)c([N+](=O)[O-])c1. The molecule has 0 saturated carbocycles. The number of aromatic amines is 1. The second kappa shape index (κ2) is 11.7. The number of aliphatic hydroxyl groups is 1. The molecule has 1 atom stereocenters. The number of nitrogens with zero attached hydrogens (tertiary/aromatic N) is 4. The third-order valence-corrected chi connectivity index (χ3v) is 8.30. The van der Waals surface area contributed by atoms with Crippen molar-refractivity contribution in [2.24, 2.45) is 4.99 Å². The summed E-state index contributed by atoms with van der Waals surface area (Å²) in [6, 6.07) is 9.44. The van der Waals surface area contributed by atoms with Crippen molar-refractivity contribution in [2.45, 2.75) is 38.3 Å². The highest BCUT2D eigenvalue weighted by Gasteiger charge is 2.42. The lowest BCUT2D eigenvalue weighted by Gasteiger charge is -2.33. The Bertz CT molecular complexity index is 1760. The maximum atomic E-state index is 13.3. The maximum Gasteiger partial charge on any atom is 0.311 e. The van der Waals surface area contributed by atoms with Gasteiger partial charge in [-0.3, -0.25) is 34.4 Å². The number of fused-ring (bicyclic) bond motifs is 2. The number of nitro groups is 1. The van der Waals surface area contributed by atoms with E-state index in [9.17, 15) is 29.6 Å². The van der Waals surface area contributed by atoms with Crippen molar-refractivity contribution in [1.82, 2.24) is 14.8 Å². The normalized spacial score (nSPS) is 17.3. The molecule has 3 aliphatic rings. The number of aryl methyl sites for hydroxylation is 1. The van der Waals surface area contributed by atoms with Crippen LogP contribution in [0, 0.1) is 17.0 Å². The molecule has 2 aromatic carbocycles. The molecular weight excluding hydrogens is 568 g/mol. The van der Waals surface area contributed by atoms with E-state index in [4.69, 9.17) is 4.74 Å². The van der Waals surface area contributed by atoms with Crippen LogP contribution >= 0.6 is 0 Å². The number of aliphatic imine (C=N–C) groups is 1. The molecule has 13 heteroatoms. The molecule has 0 spiro atoms. The van der Waals surface area contributed by atoms with Gasteiger partial charge >= 0.3 is 5.69 Å². The lowest BCUT2D eigenvalue weighted by Crippen LogP contribution is -2.46. The van der Waals surface area contributed by atoms with Gasteiger partial charge in [0.05, 0.1) is 38.7 Å². The fourth-order valence-electron chi connectivity index (χ4n) is 5.96. The van der Waals surface area contributed by atoms with Gasteiger partial charge in [0.2, 0.25) is 0 Å². The van der Waals surface area contributed by atoms with Crippen LogP contribution in [0.2, 0.25) is 0 Å². The number of hydrogen-bond acceptors (Lipinski definition) is 10. The van der Waals surface area contributed by atoms with Crippen LogP contribution in [0.4, 0.5) is 17.1 Å². The molecule has 3 aromatic rings. The van der Waals surface area contributed by atoms with Gasteiger partial charge in [-0.1, -0.05) is 6.07 Å². The zero-order valence-corrected chi connectivity index (χ0v) is 24.3. The third-order valence-electron chi connectivity index (χ3n) is 8.30. The molecule has 0 radical (unpaired) electrons. The Hall–Kier alpha value is -4.88. The molecule has 3 N–H and O–H groups in total. The van der Waals surface area contributed by atoms with E-state index >= 15 is 0 Å². The summed E-state index contributed by atoms with van der Waals surface area (Å²) in [5, 5.41) is 25.0. The number of amides is 2. The zero-order valence-electron chi connectivity index (χ0n) is 24.3. The van der Waals surface area contributed by atoms with Crippen molar-refractivity contribution in [1.29, 1.82) is 0 Å². The van der Waals surface area contributed by atoms with Gasteiger partial charge in [0.1, 0.15) is 12.7 Å². The molecule has 0 aliphatic carbocycles. The molecule has 1 saturated heterocycles. The molecule has 3 aliphatic heterocycles. The number of rotatable bonds is 9. The van der Waals surface area contributed by atoms with Crippen molar-refractivity contribution in [3.05, 3.63) is 90.9 Å². The van der Waals surface area contributed by atoms with Crippen LogP contribution in [0.25, 0.3) is 0 Å². The van der Waals surface area contributed by atoms with Gasteiger partial charge in [-0.05, 0) is 75.3 Å². The van der Waals surface area contributed by atoms with Crippen LogP contribution in [0.5, 0.6) is 5.75 Å². The molecule has 4 heterocycles. The zero-order chi connectivity index (χ0) is 31.1. The Labute approximate surface area is 252 Å². The number of likely N-dealkylation sites (tertiary alicyclic amines) is 1. The Morgan fingerprint density at radius 3 is 2.59 bits per heavy atom. The van der Waals surface area contributed by atoms with Crippen molar-refractivity contribution < 1.29 is 24.4 Å². The number of imide groups is 1. The summed E-state index contributed by atoms with van der Waals surface area (Å²) in [7, 11) is 2.02. The van der Waals surface area contributed by atoms with Crippen LogP contribution in [0.15, 0.2) is 52.4 Å².